The van der Waals surface area contributed by atoms with Gasteiger partial charge < -0.3 is 15.4 Å². The van der Waals surface area contributed by atoms with Crippen molar-refractivity contribution in [2.45, 2.75) is 24.5 Å². The van der Waals surface area contributed by atoms with Crippen LogP contribution in [0.15, 0.2) is 54.6 Å². The lowest BCUT2D eigenvalue weighted by molar-refractivity contribution is -0.137. The quantitative estimate of drug-likeness (QED) is 0.517. The number of rotatable bonds is 6. The zero-order valence-electron chi connectivity index (χ0n) is 15.9. The first kappa shape index (κ1) is 20.6. The van der Waals surface area contributed by atoms with Crippen molar-refractivity contribution in [3.8, 4) is 5.75 Å². The normalized spacial score (nSPS) is 15.2. The Balaban J connectivity index is 1.58. The van der Waals surface area contributed by atoms with E-state index in [2.05, 4.69) is 10.6 Å². The van der Waals surface area contributed by atoms with Crippen LogP contribution in [0.5, 0.6) is 5.75 Å². The molecule has 1 heterocycles. The van der Waals surface area contributed by atoms with Gasteiger partial charge in [0, 0.05) is 17.2 Å². The molecule has 2 N–H and O–H groups in total. The summed E-state index contributed by atoms with van der Waals surface area (Å²) >= 11 is 3.86. The van der Waals surface area contributed by atoms with E-state index < -0.39 is 18.0 Å². The molecule has 3 rings (SSSR count). The standard InChI is InChI=1S/C21H24N2O3S2/c1-14(2)18(23-21(25)22-16-6-4-3-5-7-16)19(24)26-17-10-8-15(9-11-17)20-27-12-13-28-20/h3-11,14,18,20H,12-13H2,1-2H3,(H2,22,23,25). The highest BCUT2D eigenvalue weighted by Gasteiger charge is 2.26. The molecule has 1 fully saturated rings. The van der Waals surface area contributed by atoms with E-state index in [1.807, 2.05) is 79.8 Å². The van der Waals surface area contributed by atoms with Gasteiger partial charge in [-0.05, 0) is 35.7 Å². The smallest absolute Gasteiger partial charge is 0.334 e. The molecule has 1 unspecified atom stereocenters. The topological polar surface area (TPSA) is 67.4 Å². The monoisotopic (exact) mass is 416 g/mol. The number of hydrogen-bond acceptors (Lipinski definition) is 5. The van der Waals surface area contributed by atoms with Crippen LogP contribution in [0.1, 0.15) is 24.0 Å². The fraction of sp³-hybridized carbons (Fsp3) is 0.333. The minimum absolute atomic E-state index is 0.111. The van der Waals surface area contributed by atoms with Crippen LogP contribution in [0.3, 0.4) is 0 Å². The number of anilines is 1. The van der Waals surface area contributed by atoms with Crippen LogP contribution in [0, 0.1) is 5.92 Å². The minimum Gasteiger partial charge on any atom is -0.425 e. The van der Waals surface area contributed by atoms with E-state index in [0.29, 0.717) is 16.0 Å². The minimum atomic E-state index is -0.746. The fourth-order valence-electron chi connectivity index (χ4n) is 2.75. The van der Waals surface area contributed by atoms with E-state index in [4.69, 9.17) is 4.74 Å². The SMILES string of the molecule is CC(C)C(NC(=O)Nc1ccccc1)C(=O)Oc1ccc(C2SCCS2)cc1. The molecule has 0 bridgehead atoms. The zero-order valence-corrected chi connectivity index (χ0v) is 17.5. The summed E-state index contributed by atoms with van der Waals surface area (Å²) < 4.78 is 5.97. The number of esters is 1. The van der Waals surface area contributed by atoms with Crippen LogP contribution in [0.4, 0.5) is 10.5 Å². The zero-order chi connectivity index (χ0) is 19.9. The van der Waals surface area contributed by atoms with Gasteiger partial charge in [0.25, 0.3) is 0 Å². The fourth-order valence-corrected chi connectivity index (χ4v) is 5.61. The molecule has 0 aliphatic carbocycles. The molecule has 5 nitrogen and oxygen atoms in total. The lowest BCUT2D eigenvalue weighted by Crippen LogP contribution is -2.48. The second kappa shape index (κ2) is 9.89. The van der Waals surface area contributed by atoms with Gasteiger partial charge in [-0.25, -0.2) is 9.59 Å². The second-order valence-corrected chi connectivity index (χ2v) is 9.47. The Labute approximate surface area is 174 Å². The van der Waals surface area contributed by atoms with Crippen LogP contribution >= 0.6 is 23.5 Å². The molecular formula is C21H24N2O3S2. The van der Waals surface area contributed by atoms with Gasteiger partial charge >= 0.3 is 12.0 Å². The van der Waals surface area contributed by atoms with Crippen molar-refractivity contribution in [3.05, 3.63) is 60.2 Å². The summed E-state index contributed by atoms with van der Waals surface area (Å²) in [5, 5.41) is 5.43. The van der Waals surface area contributed by atoms with Gasteiger partial charge in [0.05, 0.1) is 4.58 Å². The molecule has 2 amide bonds. The first-order valence-electron chi connectivity index (χ1n) is 9.20. The summed E-state index contributed by atoms with van der Waals surface area (Å²) in [5.41, 5.74) is 1.89. The van der Waals surface area contributed by atoms with E-state index in [-0.39, 0.29) is 5.92 Å². The van der Waals surface area contributed by atoms with Crippen molar-refractivity contribution < 1.29 is 14.3 Å². The molecule has 0 spiro atoms. The maximum atomic E-state index is 12.6. The molecule has 2 aromatic rings. The van der Waals surface area contributed by atoms with Crippen molar-refractivity contribution in [2.75, 3.05) is 16.8 Å². The summed E-state index contributed by atoms with van der Waals surface area (Å²) in [6.45, 7) is 3.73. The number of hydrogen-bond donors (Lipinski definition) is 2. The van der Waals surface area contributed by atoms with Crippen molar-refractivity contribution in [3.63, 3.8) is 0 Å². The highest BCUT2D eigenvalue weighted by Crippen LogP contribution is 2.45. The van der Waals surface area contributed by atoms with Gasteiger partial charge in [0.15, 0.2) is 0 Å². The largest absolute Gasteiger partial charge is 0.425 e. The summed E-state index contributed by atoms with van der Waals surface area (Å²) in [6.07, 6.45) is 0. The third-order valence-corrected chi connectivity index (χ3v) is 7.34. The Morgan fingerprint density at radius 3 is 2.25 bits per heavy atom. The number of thioether (sulfide) groups is 2. The Morgan fingerprint density at radius 2 is 1.64 bits per heavy atom. The molecule has 0 radical (unpaired) electrons. The highest BCUT2D eigenvalue weighted by atomic mass is 32.2. The number of ether oxygens (including phenoxy) is 1. The summed E-state index contributed by atoms with van der Waals surface area (Å²) in [5.74, 6) is 2.23. The van der Waals surface area contributed by atoms with Crippen molar-refractivity contribution in [2.24, 2.45) is 5.92 Å². The summed E-state index contributed by atoms with van der Waals surface area (Å²) in [4.78, 5) is 24.9. The van der Waals surface area contributed by atoms with Gasteiger partial charge in [-0.3, -0.25) is 0 Å². The number of nitrogens with one attached hydrogen (secondary N) is 2. The predicted octanol–water partition coefficient (Wildman–Crippen LogP) is 4.92. The molecule has 0 saturated carbocycles. The maximum Gasteiger partial charge on any atom is 0.334 e. The number of carbonyl (C=O) groups is 2. The number of para-hydroxylation sites is 1. The van der Waals surface area contributed by atoms with Gasteiger partial charge in [-0.15, -0.1) is 23.5 Å². The molecule has 1 saturated heterocycles. The van der Waals surface area contributed by atoms with Crippen molar-refractivity contribution >= 4 is 41.2 Å². The maximum absolute atomic E-state index is 12.6. The Morgan fingerprint density at radius 1 is 1.00 bits per heavy atom. The lowest BCUT2D eigenvalue weighted by atomic mass is 10.1. The molecule has 28 heavy (non-hydrogen) atoms. The van der Waals surface area contributed by atoms with Crippen LogP contribution in [0.2, 0.25) is 0 Å². The van der Waals surface area contributed by atoms with Crippen LogP contribution in [0.25, 0.3) is 0 Å². The molecule has 1 atom stereocenters. The number of carbonyl (C=O) groups excluding carboxylic acids is 2. The van der Waals surface area contributed by atoms with Gasteiger partial charge in [0.2, 0.25) is 0 Å². The number of benzene rings is 2. The molecule has 1 aliphatic heterocycles. The molecule has 7 heteroatoms. The van der Waals surface area contributed by atoms with Crippen LogP contribution in [-0.4, -0.2) is 29.5 Å². The van der Waals surface area contributed by atoms with Gasteiger partial charge in [-0.1, -0.05) is 44.2 Å². The van der Waals surface area contributed by atoms with Crippen LogP contribution in [-0.2, 0) is 4.79 Å². The summed E-state index contributed by atoms with van der Waals surface area (Å²) in [6, 6.07) is 15.5. The third kappa shape index (κ3) is 5.69. The first-order chi connectivity index (χ1) is 13.5. The summed E-state index contributed by atoms with van der Waals surface area (Å²) in [7, 11) is 0. The first-order valence-corrected chi connectivity index (χ1v) is 11.3. The average molecular weight is 417 g/mol. The van der Waals surface area contributed by atoms with E-state index in [0.717, 1.165) is 0 Å². The third-order valence-electron chi connectivity index (χ3n) is 4.23. The van der Waals surface area contributed by atoms with Crippen LogP contribution < -0.4 is 15.4 Å². The molecule has 1 aliphatic rings. The molecule has 148 valence electrons. The van der Waals surface area contributed by atoms with E-state index in [1.165, 1.54) is 17.1 Å². The van der Waals surface area contributed by atoms with Gasteiger partial charge in [-0.2, -0.15) is 0 Å². The Hall–Kier alpha value is -2.12. The molecule has 0 aromatic heterocycles. The molecule has 2 aromatic carbocycles. The van der Waals surface area contributed by atoms with E-state index in [1.54, 1.807) is 12.1 Å². The molecular weight excluding hydrogens is 392 g/mol. The van der Waals surface area contributed by atoms with E-state index in [9.17, 15) is 9.59 Å². The lowest BCUT2D eigenvalue weighted by Gasteiger charge is -2.21. The van der Waals surface area contributed by atoms with Crippen molar-refractivity contribution in [1.29, 1.82) is 0 Å². The van der Waals surface area contributed by atoms with Gasteiger partial charge in [0.1, 0.15) is 11.8 Å². The Bertz CT molecular complexity index is 791. The predicted molar refractivity (Wildman–Crippen MR) is 117 cm³/mol. The number of urea groups is 1. The number of amides is 2. The van der Waals surface area contributed by atoms with E-state index >= 15 is 0 Å². The second-order valence-electron chi connectivity index (χ2n) is 6.75. The van der Waals surface area contributed by atoms with Crippen molar-refractivity contribution in [1.82, 2.24) is 5.32 Å². The average Bonchev–Trinajstić information content (AvgIpc) is 3.22. The highest BCUT2D eigenvalue weighted by molar-refractivity contribution is 8.19. The Kier molecular flexibility index (Phi) is 7.28.